The zero-order valence-electron chi connectivity index (χ0n) is 9.86. The van der Waals surface area contributed by atoms with Crippen molar-refractivity contribution in [3.05, 3.63) is 0 Å². The van der Waals surface area contributed by atoms with Crippen molar-refractivity contribution in [2.75, 3.05) is 13.1 Å². The normalized spacial score (nSPS) is 26.1. The molecule has 0 aliphatic carbocycles. The van der Waals surface area contributed by atoms with Crippen LogP contribution in [0.1, 0.15) is 27.2 Å². The van der Waals surface area contributed by atoms with Crippen LogP contribution < -0.4 is 0 Å². The molecule has 90 valence electrons. The van der Waals surface area contributed by atoms with E-state index >= 15 is 0 Å². The number of carbonyl (C=O) groups is 1. The fourth-order valence-corrected chi connectivity index (χ4v) is 1.54. The van der Waals surface area contributed by atoms with E-state index in [1.807, 2.05) is 6.07 Å². The molecule has 0 unspecified atom stereocenters. The van der Waals surface area contributed by atoms with Crippen molar-refractivity contribution >= 4 is 6.09 Å². The Hall–Kier alpha value is -1.31. The molecule has 5 heteroatoms. The minimum Gasteiger partial charge on any atom is -0.444 e. The minimum absolute atomic E-state index is 0.118. The van der Waals surface area contributed by atoms with Gasteiger partial charge in [0.05, 0.1) is 12.0 Å². The summed E-state index contributed by atoms with van der Waals surface area (Å²) in [6.45, 7) is 5.75. The number of rotatable bonds is 0. The van der Waals surface area contributed by atoms with Crippen molar-refractivity contribution in [2.24, 2.45) is 5.92 Å². The maximum Gasteiger partial charge on any atom is 0.410 e. The Morgan fingerprint density at radius 1 is 1.56 bits per heavy atom. The van der Waals surface area contributed by atoms with Crippen LogP contribution in [0.25, 0.3) is 0 Å². The van der Waals surface area contributed by atoms with Crippen LogP contribution in [-0.2, 0) is 4.74 Å². The van der Waals surface area contributed by atoms with Gasteiger partial charge in [0.15, 0.2) is 0 Å². The smallest absolute Gasteiger partial charge is 0.410 e. The molecule has 0 bridgehead atoms. The topological polar surface area (TPSA) is 53.3 Å². The Labute approximate surface area is 95.0 Å². The van der Waals surface area contributed by atoms with Gasteiger partial charge in [-0.15, -0.1) is 0 Å². The lowest BCUT2D eigenvalue weighted by Crippen LogP contribution is -2.46. The van der Waals surface area contributed by atoms with Crippen molar-refractivity contribution in [1.82, 2.24) is 4.90 Å². The first-order chi connectivity index (χ1) is 7.33. The molecule has 0 aromatic carbocycles. The number of nitriles is 1. The van der Waals surface area contributed by atoms with Crippen molar-refractivity contribution in [1.29, 1.82) is 5.26 Å². The van der Waals surface area contributed by atoms with E-state index in [-0.39, 0.29) is 13.0 Å². The summed E-state index contributed by atoms with van der Waals surface area (Å²) in [7, 11) is 0. The molecule has 0 saturated carbocycles. The number of piperidine rings is 1. The SMILES string of the molecule is CC(C)(C)OC(=O)N1CC[C@@H](F)[C@H](C#N)C1. The molecule has 0 radical (unpaired) electrons. The average Bonchev–Trinajstić information content (AvgIpc) is 2.15. The standard InChI is InChI=1S/C11H17FN2O2/c1-11(2,3)16-10(15)14-5-4-9(12)8(6-13)7-14/h8-9H,4-5,7H2,1-3H3/t8-,9-/m1/s1. The molecule has 0 spiro atoms. The van der Waals surface area contributed by atoms with Gasteiger partial charge in [0.2, 0.25) is 0 Å². The Kier molecular flexibility index (Phi) is 3.74. The molecular formula is C11H17FN2O2. The third-order valence-electron chi connectivity index (χ3n) is 2.35. The Morgan fingerprint density at radius 3 is 2.69 bits per heavy atom. The molecule has 1 fully saturated rings. The summed E-state index contributed by atoms with van der Waals surface area (Å²) >= 11 is 0. The summed E-state index contributed by atoms with van der Waals surface area (Å²) in [5.41, 5.74) is -0.564. The quantitative estimate of drug-likeness (QED) is 0.638. The van der Waals surface area contributed by atoms with E-state index in [2.05, 4.69) is 0 Å². The lowest BCUT2D eigenvalue weighted by atomic mass is 9.98. The molecule has 16 heavy (non-hydrogen) atoms. The summed E-state index contributed by atoms with van der Waals surface area (Å²) in [6.07, 6.45) is -1.40. The van der Waals surface area contributed by atoms with Crippen LogP contribution in [0.2, 0.25) is 0 Å². The highest BCUT2D eigenvalue weighted by Crippen LogP contribution is 2.21. The summed E-state index contributed by atoms with van der Waals surface area (Å²) in [6, 6.07) is 1.88. The molecule has 0 aromatic rings. The molecule has 0 aromatic heterocycles. The molecule has 1 amide bonds. The Balaban J connectivity index is 2.56. The van der Waals surface area contributed by atoms with E-state index in [4.69, 9.17) is 10.00 Å². The second-order valence-electron chi connectivity index (χ2n) is 4.97. The van der Waals surface area contributed by atoms with Crippen LogP contribution in [0.15, 0.2) is 0 Å². The zero-order chi connectivity index (χ0) is 12.3. The molecule has 1 aliphatic rings. The predicted octanol–water partition coefficient (Wildman–Crippen LogP) is 2.11. The number of hydrogen-bond donors (Lipinski definition) is 0. The molecule has 1 heterocycles. The minimum atomic E-state index is -1.14. The van der Waals surface area contributed by atoms with Gasteiger partial charge >= 0.3 is 6.09 Å². The van der Waals surface area contributed by atoms with Gasteiger partial charge in [-0.2, -0.15) is 5.26 Å². The van der Waals surface area contributed by atoms with Crippen molar-refractivity contribution in [3.8, 4) is 6.07 Å². The average molecular weight is 228 g/mol. The maximum absolute atomic E-state index is 13.2. The molecule has 2 atom stereocenters. The maximum atomic E-state index is 13.2. The van der Waals surface area contributed by atoms with Gasteiger partial charge in [-0.25, -0.2) is 9.18 Å². The molecule has 1 rings (SSSR count). The van der Waals surface area contributed by atoms with E-state index in [9.17, 15) is 9.18 Å². The number of likely N-dealkylation sites (tertiary alicyclic amines) is 1. The van der Waals surface area contributed by atoms with Crippen molar-refractivity contribution in [3.63, 3.8) is 0 Å². The largest absolute Gasteiger partial charge is 0.444 e. The summed E-state index contributed by atoms with van der Waals surface area (Å²) < 4.78 is 18.4. The molecule has 0 N–H and O–H groups in total. The predicted molar refractivity (Wildman–Crippen MR) is 56.4 cm³/mol. The van der Waals surface area contributed by atoms with Crippen molar-refractivity contribution in [2.45, 2.75) is 39.0 Å². The van der Waals surface area contributed by atoms with Crippen LogP contribution in [0.5, 0.6) is 0 Å². The number of hydrogen-bond acceptors (Lipinski definition) is 3. The fourth-order valence-electron chi connectivity index (χ4n) is 1.54. The van der Waals surface area contributed by atoms with Gasteiger partial charge in [-0.1, -0.05) is 0 Å². The summed E-state index contributed by atoms with van der Waals surface area (Å²) in [5.74, 6) is -0.735. The van der Waals surface area contributed by atoms with Crippen LogP contribution in [0.3, 0.4) is 0 Å². The highest BCUT2D eigenvalue weighted by atomic mass is 19.1. The highest BCUT2D eigenvalue weighted by molar-refractivity contribution is 5.68. The van der Waals surface area contributed by atoms with Gasteiger partial charge in [-0.3, -0.25) is 0 Å². The number of halogens is 1. The Morgan fingerprint density at radius 2 is 2.19 bits per heavy atom. The molecule has 1 saturated heterocycles. The number of amides is 1. The van der Waals surface area contributed by atoms with Gasteiger partial charge in [-0.05, 0) is 27.2 Å². The molecule has 1 aliphatic heterocycles. The van der Waals surface area contributed by atoms with Crippen LogP contribution >= 0.6 is 0 Å². The van der Waals surface area contributed by atoms with E-state index in [1.165, 1.54) is 4.90 Å². The second-order valence-corrected chi connectivity index (χ2v) is 4.97. The second kappa shape index (κ2) is 4.69. The zero-order valence-corrected chi connectivity index (χ0v) is 9.86. The van der Waals surface area contributed by atoms with Gasteiger partial charge in [0.25, 0.3) is 0 Å². The summed E-state index contributed by atoms with van der Waals surface area (Å²) in [5, 5.41) is 8.72. The van der Waals surface area contributed by atoms with E-state index in [0.717, 1.165) is 0 Å². The van der Waals surface area contributed by atoms with Crippen LogP contribution in [0.4, 0.5) is 9.18 Å². The number of alkyl halides is 1. The van der Waals surface area contributed by atoms with Gasteiger partial charge in [0.1, 0.15) is 11.8 Å². The van der Waals surface area contributed by atoms with Crippen LogP contribution in [0, 0.1) is 17.2 Å². The lowest BCUT2D eigenvalue weighted by molar-refractivity contribution is 0.0117. The van der Waals surface area contributed by atoms with Gasteiger partial charge < -0.3 is 9.64 Å². The van der Waals surface area contributed by atoms with Crippen LogP contribution in [-0.4, -0.2) is 35.9 Å². The highest BCUT2D eigenvalue weighted by Gasteiger charge is 2.33. The molecular weight excluding hydrogens is 211 g/mol. The monoisotopic (exact) mass is 228 g/mol. The Bertz CT molecular complexity index is 306. The first kappa shape index (κ1) is 12.8. The number of ether oxygens (including phenoxy) is 1. The first-order valence-corrected chi connectivity index (χ1v) is 5.35. The third kappa shape index (κ3) is 3.37. The number of nitrogens with zero attached hydrogens (tertiary/aromatic N) is 2. The van der Waals surface area contributed by atoms with Gasteiger partial charge in [0, 0.05) is 13.1 Å². The third-order valence-corrected chi connectivity index (χ3v) is 2.35. The fraction of sp³-hybridized carbons (Fsp3) is 0.818. The number of carbonyl (C=O) groups excluding carboxylic acids is 1. The summed E-state index contributed by atoms with van der Waals surface area (Å²) in [4.78, 5) is 13.1. The van der Waals surface area contributed by atoms with Crippen molar-refractivity contribution < 1.29 is 13.9 Å². The lowest BCUT2D eigenvalue weighted by Gasteiger charge is -2.33. The van der Waals surface area contributed by atoms with E-state index < -0.39 is 23.8 Å². The first-order valence-electron chi connectivity index (χ1n) is 5.35. The van der Waals surface area contributed by atoms with E-state index in [0.29, 0.717) is 6.54 Å². The van der Waals surface area contributed by atoms with E-state index in [1.54, 1.807) is 20.8 Å². The molecule has 4 nitrogen and oxygen atoms in total.